The van der Waals surface area contributed by atoms with Crippen LogP contribution in [0.2, 0.25) is 0 Å². The van der Waals surface area contributed by atoms with E-state index in [0.717, 1.165) is 18.7 Å². The van der Waals surface area contributed by atoms with Crippen LogP contribution in [-0.4, -0.2) is 42.9 Å². The fraction of sp³-hybridized carbons (Fsp3) is 0.529. The van der Waals surface area contributed by atoms with Crippen LogP contribution < -0.4 is 10.6 Å². The van der Waals surface area contributed by atoms with Gasteiger partial charge in [0.05, 0.1) is 5.41 Å². The largest absolute Gasteiger partial charge is 0.339 e. The predicted octanol–water partition coefficient (Wildman–Crippen LogP) is 2.11. The van der Waals surface area contributed by atoms with Gasteiger partial charge in [0.2, 0.25) is 5.91 Å². The van der Waals surface area contributed by atoms with Gasteiger partial charge in [-0.1, -0.05) is 0 Å². The van der Waals surface area contributed by atoms with Gasteiger partial charge in [0, 0.05) is 30.9 Å². The topological polar surface area (TPSA) is 61.4 Å². The minimum atomic E-state index is -0.351. The molecule has 1 aromatic rings. The minimum absolute atomic E-state index is 0.0230. The molecule has 120 valence electrons. The summed E-state index contributed by atoms with van der Waals surface area (Å²) in [7, 11) is 0. The number of benzene rings is 1. The van der Waals surface area contributed by atoms with Crippen molar-refractivity contribution in [2.45, 2.75) is 27.2 Å². The van der Waals surface area contributed by atoms with Gasteiger partial charge < -0.3 is 15.5 Å². The number of carbonyl (C=O) groups is 2. The molecule has 0 radical (unpaired) electrons. The van der Waals surface area contributed by atoms with E-state index >= 15 is 0 Å². The highest BCUT2D eigenvalue weighted by Gasteiger charge is 2.36. The smallest absolute Gasteiger partial charge is 0.253 e. The van der Waals surface area contributed by atoms with Crippen molar-refractivity contribution in [3.8, 4) is 0 Å². The highest BCUT2D eigenvalue weighted by Crippen LogP contribution is 2.26. The highest BCUT2D eigenvalue weighted by molar-refractivity contribution is 5.97. The second-order valence-electron chi connectivity index (χ2n) is 6.00. The Kier molecular flexibility index (Phi) is 5.19. The first kappa shape index (κ1) is 16.5. The van der Waals surface area contributed by atoms with Crippen LogP contribution in [0.5, 0.6) is 0 Å². The Morgan fingerprint density at radius 3 is 2.36 bits per heavy atom. The van der Waals surface area contributed by atoms with Crippen molar-refractivity contribution in [1.82, 2.24) is 10.2 Å². The van der Waals surface area contributed by atoms with E-state index in [1.807, 2.05) is 20.8 Å². The summed E-state index contributed by atoms with van der Waals surface area (Å²) in [5.41, 5.74) is 1.03. The van der Waals surface area contributed by atoms with Crippen LogP contribution in [-0.2, 0) is 4.79 Å². The van der Waals surface area contributed by atoms with E-state index in [9.17, 15) is 9.59 Å². The number of hydrogen-bond acceptors (Lipinski definition) is 3. The predicted molar refractivity (Wildman–Crippen MR) is 87.9 cm³/mol. The molecule has 0 saturated carbocycles. The van der Waals surface area contributed by atoms with Crippen LogP contribution in [0, 0.1) is 5.41 Å². The number of nitrogens with one attached hydrogen (secondary N) is 2. The van der Waals surface area contributed by atoms with Crippen molar-refractivity contribution in [3.63, 3.8) is 0 Å². The standard InChI is InChI=1S/C17H25N3O2/c1-4-20(5-2)15(21)13-6-8-14(9-7-13)19-16(22)17(3)10-11-18-12-17/h6-9,18H,4-5,10-12H2,1-3H3,(H,19,22). The van der Waals surface area contributed by atoms with Crippen LogP contribution >= 0.6 is 0 Å². The second-order valence-corrected chi connectivity index (χ2v) is 6.00. The zero-order valence-corrected chi connectivity index (χ0v) is 13.6. The van der Waals surface area contributed by atoms with Gasteiger partial charge in [0.25, 0.3) is 5.91 Å². The molecule has 2 N–H and O–H groups in total. The number of carbonyl (C=O) groups excluding carboxylic acids is 2. The fourth-order valence-corrected chi connectivity index (χ4v) is 2.68. The minimum Gasteiger partial charge on any atom is -0.339 e. The van der Waals surface area contributed by atoms with Crippen molar-refractivity contribution in [2.24, 2.45) is 5.41 Å². The third-order valence-corrected chi connectivity index (χ3v) is 4.36. The molecule has 0 spiro atoms. The number of hydrogen-bond donors (Lipinski definition) is 2. The second kappa shape index (κ2) is 6.92. The average Bonchev–Trinajstić information content (AvgIpc) is 2.97. The van der Waals surface area contributed by atoms with E-state index in [-0.39, 0.29) is 17.2 Å². The summed E-state index contributed by atoms with van der Waals surface area (Å²) in [5, 5.41) is 6.16. The van der Waals surface area contributed by atoms with E-state index in [2.05, 4.69) is 10.6 Å². The van der Waals surface area contributed by atoms with E-state index < -0.39 is 0 Å². The molecule has 2 rings (SSSR count). The summed E-state index contributed by atoms with van der Waals surface area (Å²) in [6.07, 6.45) is 0.845. The van der Waals surface area contributed by atoms with Gasteiger partial charge in [0.15, 0.2) is 0 Å². The lowest BCUT2D eigenvalue weighted by Crippen LogP contribution is -2.35. The lowest BCUT2D eigenvalue weighted by Gasteiger charge is -2.22. The van der Waals surface area contributed by atoms with Crippen LogP contribution in [0.3, 0.4) is 0 Å². The van der Waals surface area contributed by atoms with Gasteiger partial charge in [-0.05, 0) is 58.0 Å². The molecule has 1 fully saturated rings. The van der Waals surface area contributed by atoms with Gasteiger partial charge in [-0.2, -0.15) is 0 Å². The monoisotopic (exact) mass is 303 g/mol. The maximum atomic E-state index is 12.3. The van der Waals surface area contributed by atoms with Crippen molar-refractivity contribution >= 4 is 17.5 Å². The van der Waals surface area contributed by atoms with Gasteiger partial charge in [-0.3, -0.25) is 9.59 Å². The van der Waals surface area contributed by atoms with Crippen LogP contribution in [0.4, 0.5) is 5.69 Å². The molecule has 2 amide bonds. The molecule has 1 aromatic carbocycles. The number of rotatable bonds is 5. The molecule has 1 saturated heterocycles. The van der Waals surface area contributed by atoms with Crippen molar-refractivity contribution < 1.29 is 9.59 Å². The molecule has 0 aliphatic carbocycles. The molecule has 1 atom stereocenters. The van der Waals surface area contributed by atoms with Crippen LogP contribution in [0.15, 0.2) is 24.3 Å². The first-order valence-electron chi connectivity index (χ1n) is 7.91. The Labute approximate surface area is 132 Å². The summed E-state index contributed by atoms with van der Waals surface area (Å²) in [6, 6.07) is 7.12. The summed E-state index contributed by atoms with van der Waals surface area (Å²) >= 11 is 0. The molecule has 1 aliphatic heterocycles. The SMILES string of the molecule is CCN(CC)C(=O)c1ccc(NC(=O)C2(C)CCNC2)cc1. The molecular weight excluding hydrogens is 278 g/mol. The van der Waals surface area contributed by atoms with Gasteiger partial charge >= 0.3 is 0 Å². The number of nitrogens with zero attached hydrogens (tertiary/aromatic N) is 1. The van der Waals surface area contributed by atoms with Gasteiger partial charge in [-0.15, -0.1) is 0 Å². The maximum Gasteiger partial charge on any atom is 0.253 e. The Bertz CT molecular complexity index is 529. The zero-order valence-electron chi connectivity index (χ0n) is 13.6. The van der Waals surface area contributed by atoms with Crippen molar-refractivity contribution in [2.75, 3.05) is 31.5 Å². The first-order chi connectivity index (χ1) is 10.5. The van der Waals surface area contributed by atoms with E-state index in [1.54, 1.807) is 29.2 Å². The van der Waals surface area contributed by atoms with Gasteiger partial charge in [-0.25, -0.2) is 0 Å². The lowest BCUT2D eigenvalue weighted by atomic mass is 9.89. The molecule has 5 nitrogen and oxygen atoms in total. The van der Waals surface area contributed by atoms with E-state index in [4.69, 9.17) is 0 Å². The number of anilines is 1. The molecule has 0 bridgehead atoms. The van der Waals surface area contributed by atoms with Gasteiger partial charge in [0.1, 0.15) is 0 Å². The maximum absolute atomic E-state index is 12.3. The quantitative estimate of drug-likeness (QED) is 0.876. The molecule has 5 heteroatoms. The third kappa shape index (κ3) is 3.47. The summed E-state index contributed by atoms with van der Waals surface area (Å²) in [4.78, 5) is 26.3. The molecule has 0 aromatic heterocycles. The molecule has 22 heavy (non-hydrogen) atoms. The Morgan fingerprint density at radius 2 is 1.86 bits per heavy atom. The summed E-state index contributed by atoms with van der Waals surface area (Å²) < 4.78 is 0. The zero-order chi connectivity index (χ0) is 16.2. The summed E-state index contributed by atoms with van der Waals surface area (Å²) in [6.45, 7) is 8.87. The van der Waals surface area contributed by atoms with Crippen LogP contribution in [0.1, 0.15) is 37.6 Å². The summed E-state index contributed by atoms with van der Waals surface area (Å²) in [5.74, 6) is 0.0511. The van der Waals surface area contributed by atoms with Crippen molar-refractivity contribution in [1.29, 1.82) is 0 Å². The molecule has 1 aliphatic rings. The Balaban J connectivity index is 2.03. The average molecular weight is 303 g/mol. The van der Waals surface area contributed by atoms with E-state index in [0.29, 0.717) is 25.2 Å². The van der Waals surface area contributed by atoms with E-state index in [1.165, 1.54) is 0 Å². The third-order valence-electron chi connectivity index (χ3n) is 4.36. The normalized spacial score (nSPS) is 20.7. The lowest BCUT2D eigenvalue weighted by molar-refractivity contribution is -0.123. The number of amides is 2. The Morgan fingerprint density at radius 1 is 1.23 bits per heavy atom. The molecule has 1 heterocycles. The molecule has 1 unspecified atom stereocenters. The van der Waals surface area contributed by atoms with Crippen molar-refractivity contribution in [3.05, 3.63) is 29.8 Å². The Hall–Kier alpha value is -1.88. The highest BCUT2D eigenvalue weighted by atomic mass is 16.2. The first-order valence-corrected chi connectivity index (χ1v) is 7.91. The van der Waals surface area contributed by atoms with Crippen LogP contribution in [0.25, 0.3) is 0 Å². The fourth-order valence-electron chi connectivity index (χ4n) is 2.68. The molecular formula is C17H25N3O2.